The number of aromatic amines is 1. The number of rotatable bonds is 4. The lowest BCUT2D eigenvalue weighted by Crippen LogP contribution is -2.11. The van der Waals surface area contributed by atoms with E-state index in [0.717, 1.165) is 22.9 Å². The number of hydrogen-bond acceptors (Lipinski definition) is 3. The molecule has 5 nitrogen and oxygen atoms in total. The van der Waals surface area contributed by atoms with E-state index in [1.54, 1.807) is 24.3 Å². The van der Waals surface area contributed by atoms with E-state index in [-0.39, 0.29) is 5.91 Å². The van der Waals surface area contributed by atoms with Crippen molar-refractivity contribution in [1.29, 1.82) is 0 Å². The molecular weight excluding hydrogens is 326 g/mol. The van der Waals surface area contributed by atoms with Crippen LogP contribution >= 0.6 is 0 Å². The van der Waals surface area contributed by atoms with Gasteiger partial charge in [0, 0.05) is 22.4 Å². The zero-order valence-corrected chi connectivity index (χ0v) is 13.8. The molecule has 0 bridgehead atoms. The van der Waals surface area contributed by atoms with E-state index in [1.165, 1.54) is 0 Å². The van der Waals surface area contributed by atoms with Crippen LogP contribution in [0.5, 0.6) is 0 Å². The molecule has 1 aromatic heterocycles. The van der Waals surface area contributed by atoms with Crippen molar-refractivity contribution in [2.45, 2.75) is 0 Å². The third-order valence-corrected chi connectivity index (χ3v) is 4.10. The zero-order valence-electron chi connectivity index (χ0n) is 13.8. The number of H-pyrrole nitrogens is 1. The third-order valence-electron chi connectivity index (χ3n) is 4.10. The summed E-state index contributed by atoms with van der Waals surface area (Å²) in [6, 6.07) is 21.8. The Morgan fingerprint density at radius 2 is 1.73 bits per heavy atom. The minimum atomic E-state index is -0.158. The summed E-state index contributed by atoms with van der Waals surface area (Å²) >= 11 is 0. The van der Waals surface area contributed by atoms with E-state index in [9.17, 15) is 9.59 Å². The second-order valence-electron chi connectivity index (χ2n) is 5.88. The topological polar surface area (TPSA) is 74.8 Å². The van der Waals surface area contributed by atoms with Gasteiger partial charge in [0.15, 0.2) is 0 Å². The fourth-order valence-electron chi connectivity index (χ4n) is 2.74. The molecule has 126 valence electrons. The van der Waals surface area contributed by atoms with Crippen LogP contribution in [0.3, 0.4) is 0 Å². The molecule has 0 saturated carbocycles. The highest BCUT2D eigenvalue weighted by atomic mass is 16.1. The van der Waals surface area contributed by atoms with Crippen molar-refractivity contribution in [3.05, 3.63) is 83.9 Å². The molecule has 26 heavy (non-hydrogen) atoms. The Labute approximate surface area is 149 Å². The molecule has 1 heterocycles. The summed E-state index contributed by atoms with van der Waals surface area (Å²) in [5.41, 5.74) is 4.44. The number of anilines is 1. The molecule has 3 aromatic carbocycles. The maximum atomic E-state index is 12.3. The molecule has 0 aliphatic rings. The van der Waals surface area contributed by atoms with Crippen molar-refractivity contribution in [2.75, 3.05) is 5.32 Å². The first-order valence-corrected chi connectivity index (χ1v) is 8.15. The quantitative estimate of drug-likeness (QED) is 0.544. The summed E-state index contributed by atoms with van der Waals surface area (Å²) in [6.45, 7) is 0. The van der Waals surface area contributed by atoms with Crippen LogP contribution in [0.4, 0.5) is 5.69 Å². The van der Waals surface area contributed by atoms with Crippen LogP contribution in [0.25, 0.3) is 22.4 Å². The van der Waals surface area contributed by atoms with E-state index in [0.29, 0.717) is 22.6 Å². The minimum Gasteiger partial charge on any atom is -0.338 e. The largest absolute Gasteiger partial charge is 0.338 e. The molecule has 0 spiro atoms. The summed E-state index contributed by atoms with van der Waals surface area (Å²) in [4.78, 5) is 30.8. The van der Waals surface area contributed by atoms with Crippen LogP contribution in [0.15, 0.2) is 72.8 Å². The fraction of sp³-hybridized carbons (Fsp3) is 0. The fourth-order valence-corrected chi connectivity index (χ4v) is 2.74. The lowest BCUT2D eigenvalue weighted by molar-refractivity contribution is 0.102. The number of aromatic nitrogens is 2. The number of amides is 1. The Morgan fingerprint density at radius 1 is 0.962 bits per heavy atom. The van der Waals surface area contributed by atoms with Crippen molar-refractivity contribution in [3.8, 4) is 11.4 Å². The van der Waals surface area contributed by atoms with Crippen LogP contribution in [0.2, 0.25) is 0 Å². The first kappa shape index (κ1) is 15.8. The van der Waals surface area contributed by atoms with Crippen molar-refractivity contribution in [1.82, 2.24) is 9.97 Å². The molecule has 4 aromatic rings. The van der Waals surface area contributed by atoms with Crippen molar-refractivity contribution >= 4 is 28.9 Å². The van der Waals surface area contributed by atoms with Gasteiger partial charge in [0.25, 0.3) is 5.91 Å². The Morgan fingerprint density at radius 3 is 2.46 bits per heavy atom. The van der Waals surface area contributed by atoms with Crippen LogP contribution in [0.1, 0.15) is 20.7 Å². The smallest absolute Gasteiger partial charge is 0.255 e. The number of nitrogens with one attached hydrogen (secondary N) is 2. The van der Waals surface area contributed by atoms with E-state index >= 15 is 0 Å². The van der Waals surface area contributed by atoms with Crippen LogP contribution < -0.4 is 5.32 Å². The summed E-state index contributed by atoms with van der Waals surface area (Å²) < 4.78 is 0. The SMILES string of the molecule is O=Cc1ccc(-c2nc3ccc(NC(=O)c4ccccc4)cc3[nH]2)cc1. The van der Waals surface area contributed by atoms with Gasteiger partial charge in [-0.05, 0) is 30.3 Å². The summed E-state index contributed by atoms with van der Waals surface area (Å²) in [5.74, 6) is 0.554. The maximum Gasteiger partial charge on any atom is 0.255 e. The molecule has 1 amide bonds. The molecule has 0 fully saturated rings. The van der Waals surface area contributed by atoms with E-state index in [1.807, 2.05) is 48.5 Å². The maximum absolute atomic E-state index is 12.3. The average Bonchev–Trinajstić information content (AvgIpc) is 3.12. The molecule has 2 N–H and O–H groups in total. The van der Waals surface area contributed by atoms with Gasteiger partial charge in [0.1, 0.15) is 12.1 Å². The lowest BCUT2D eigenvalue weighted by atomic mass is 10.1. The standard InChI is InChI=1S/C21H15N3O2/c25-13-14-6-8-15(9-7-14)20-23-18-11-10-17(12-19(18)24-20)22-21(26)16-4-2-1-3-5-16/h1-13H,(H,22,26)(H,23,24). The minimum absolute atomic E-state index is 0.158. The molecule has 5 heteroatoms. The van der Waals surface area contributed by atoms with Gasteiger partial charge in [0.2, 0.25) is 0 Å². The number of benzene rings is 3. The highest BCUT2D eigenvalue weighted by Crippen LogP contribution is 2.23. The molecule has 0 aliphatic heterocycles. The van der Waals surface area contributed by atoms with Gasteiger partial charge in [-0.2, -0.15) is 0 Å². The Bertz CT molecular complexity index is 1080. The highest BCUT2D eigenvalue weighted by molar-refractivity contribution is 6.05. The summed E-state index contributed by atoms with van der Waals surface area (Å²) in [5, 5.41) is 2.89. The number of aldehydes is 1. The molecule has 0 unspecified atom stereocenters. The molecule has 0 radical (unpaired) electrons. The molecule has 0 aliphatic carbocycles. The number of fused-ring (bicyclic) bond motifs is 1. The van der Waals surface area contributed by atoms with Gasteiger partial charge in [-0.25, -0.2) is 4.98 Å². The monoisotopic (exact) mass is 341 g/mol. The first-order chi connectivity index (χ1) is 12.7. The summed E-state index contributed by atoms with van der Waals surface area (Å²) in [7, 11) is 0. The number of nitrogens with zero attached hydrogens (tertiary/aromatic N) is 1. The molecule has 0 saturated heterocycles. The predicted molar refractivity (Wildman–Crippen MR) is 101 cm³/mol. The van der Waals surface area contributed by atoms with Crippen LogP contribution in [-0.4, -0.2) is 22.2 Å². The molecular formula is C21H15N3O2. The van der Waals surface area contributed by atoms with E-state index in [4.69, 9.17) is 0 Å². The van der Waals surface area contributed by atoms with Crippen molar-refractivity contribution in [3.63, 3.8) is 0 Å². The first-order valence-electron chi connectivity index (χ1n) is 8.15. The number of imidazole rings is 1. The van der Waals surface area contributed by atoms with Crippen molar-refractivity contribution < 1.29 is 9.59 Å². The molecule has 4 rings (SSSR count). The summed E-state index contributed by atoms with van der Waals surface area (Å²) in [6.07, 6.45) is 0.810. The van der Waals surface area contributed by atoms with Crippen molar-refractivity contribution in [2.24, 2.45) is 0 Å². The Kier molecular flexibility index (Phi) is 4.03. The van der Waals surface area contributed by atoms with Gasteiger partial charge in [-0.1, -0.05) is 42.5 Å². The predicted octanol–water partition coefficient (Wildman–Crippen LogP) is 4.29. The average molecular weight is 341 g/mol. The normalized spacial score (nSPS) is 10.6. The van der Waals surface area contributed by atoms with Gasteiger partial charge in [-0.3, -0.25) is 9.59 Å². The van der Waals surface area contributed by atoms with Gasteiger partial charge in [0.05, 0.1) is 11.0 Å². The Balaban J connectivity index is 1.61. The van der Waals surface area contributed by atoms with E-state index in [2.05, 4.69) is 15.3 Å². The molecule has 0 atom stereocenters. The van der Waals surface area contributed by atoms with Crippen LogP contribution in [-0.2, 0) is 0 Å². The Hall–Kier alpha value is -3.73. The third kappa shape index (κ3) is 3.10. The number of hydrogen-bond donors (Lipinski definition) is 2. The van der Waals surface area contributed by atoms with Gasteiger partial charge in [-0.15, -0.1) is 0 Å². The van der Waals surface area contributed by atoms with E-state index < -0.39 is 0 Å². The second kappa shape index (κ2) is 6.64. The van der Waals surface area contributed by atoms with Gasteiger partial charge >= 0.3 is 0 Å². The lowest BCUT2D eigenvalue weighted by Gasteiger charge is -2.04. The number of carbonyl (C=O) groups is 2. The highest BCUT2D eigenvalue weighted by Gasteiger charge is 2.09. The number of carbonyl (C=O) groups excluding carboxylic acids is 2. The van der Waals surface area contributed by atoms with Crippen LogP contribution in [0, 0.1) is 0 Å². The van der Waals surface area contributed by atoms with Gasteiger partial charge < -0.3 is 10.3 Å². The zero-order chi connectivity index (χ0) is 17.9. The second-order valence-corrected chi connectivity index (χ2v) is 5.88.